The smallest absolute Gasteiger partial charge is 0.311 e. The van der Waals surface area contributed by atoms with Crippen molar-refractivity contribution in [3.8, 4) is 5.75 Å². The van der Waals surface area contributed by atoms with E-state index < -0.39 is 11.4 Å². The summed E-state index contributed by atoms with van der Waals surface area (Å²) >= 11 is 0. The van der Waals surface area contributed by atoms with Gasteiger partial charge >= 0.3 is 5.97 Å². The van der Waals surface area contributed by atoms with Gasteiger partial charge in [-0.05, 0) is 37.8 Å². The molecule has 26 heavy (non-hydrogen) atoms. The predicted octanol–water partition coefficient (Wildman–Crippen LogP) is 2.42. The zero-order valence-corrected chi connectivity index (χ0v) is 15.2. The number of carbonyl (C=O) groups excluding carboxylic acids is 2. The molecule has 1 aromatic carbocycles. The standard InChI is InChI=1S/C19H26N2O5/c1-3-19(4-2,18(24)25)12-20-16(22)11-26-15-7-5-6-14(10-15)21-17(23)13-8-9-13/h5-7,10,13H,3-4,8-9,11-12H2,1-2H3,(H,20,22)(H,21,23)(H,24,25). The molecule has 0 aliphatic heterocycles. The number of carboxylic acids is 1. The lowest BCUT2D eigenvalue weighted by Crippen LogP contribution is -2.43. The number of amides is 2. The molecule has 0 unspecified atom stereocenters. The molecule has 2 rings (SSSR count). The minimum Gasteiger partial charge on any atom is -0.484 e. The average molecular weight is 362 g/mol. The number of rotatable bonds is 10. The van der Waals surface area contributed by atoms with Crippen molar-refractivity contribution in [3.63, 3.8) is 0 Å². The molecule has 1 aliphatic rings. The first kappa shape index (κ1) is 19.8. The van der Waals surface area contributed by atoms with Crippen LogP contribution < -0.4 is 15.4 Å². The van der Waals surface area contributed by atoms with Gasteiger partial charge in [-0.25, -0.2) is 0 Å². The summed E-state index contributed by atoms with van der Waals surface area (Å²) in [5.41, 5.74) is -0.329. The number of carboxylic acid groups (broad SMARTS) is 1. The van der Waals surface area contributed by atoms with Gasteiger partial charge in [-0.2, -0.15) is 0 Å². The fraction of sp³-hybridized carbons (Fsp3) is 0.526. The molecule has 0 spiro atoms. The molecular weight excluding hydrogens is 336 g/mol. The van der Waals surface area contributed by atoms with Crippen LogP contribution in [0.1, 0.15) is 39.5 Å². The number of hydrogen-bond donors (Lipinski definition) is 3. The monoisotopic (exact) mass is 362 g/mol. The maximum absolute atomic E-state index is 12.0. The minimum atomic E-state index is -0.956. The van der Waals surface area contributed by atoms with Crippen LogP contribution in [0.2, 0.25) is 0 Å². The minimum absolute atomic E-state index is 0.00374. The van der Waals surface area contributed by atoms with Crippen LogP contribution >= 0.6 is 0 Å². The van der Waals surface area contributed by atoms with E-state index in [2.05, 4.69) is 10.6 Å². The third-order valence-electron chi connectivity index (χ3n) is 4.85. The fourth-order valence-corrected chi connectivity index (χ4v) is 2.60. The normalized spacial score (nSPS) is 13.8. The van der Waals surface area contributed by atoms with Crippen molar-refractivity contribution in [2.24, 2.45) is 11.3 Å². The highest BCUT2D eigenvalue weighted by Gasteiger charge is 2.35. The van der Waals surface area contributed by atoms with Gasteiger partial charge in [-0.15, -0.1) is 0 Å². The maximum atomic E-state index is 12.0. The van der Waals surface area contributed by atoms with Crippen molar-refractivity contribution >= 4 is 23.5 Å². The Balaban J connectivity index is 1.83. The summed E-state index contributed by atoms with van der Waals surface area (Å²) in [7, 11) is 0. The van der Waals surface area contributed by atoms with Crippen LogP contribution in [0, 0.1) is 11.3 Å². The van der Waals surface area contributed by atoms with E-state index in [1.54, 1.807) is 38.1 Å². The first-order valence-electron chi connectivity index (χ1n) is 8.94. The lowest BCUT2D eigenvalue weighted by atomic mass is 9.82. The molecular formula is C19H26N2O5. The third-order valence-corrected chi connectivity index (χ3v) is 4.85. The van der Waals surface area contributed by atoms with Crippen LogP contribution in [0.3, 0.4) is 0 Å². The predicted molar refractivity (Wildman–Crippen MR) is 97.0 cm³/mol. The molecule has 142 valence electrons. The van der Waals surface area contributed by atoms with E-state index in [0.717, 1.165) is 12.8 Å². The topological polar surface area (TPSA) is 105 Å². The second-order valence-corrected chi connectivity index (χ2v) is 6.65. The van der Waals surface area contributed by atoms with Crippen LogP contribution in [0.4, 0.5) is 5.69 Å². The zero-order valence-electron chi connectivity index (χ0n) is 15.2. The summed E-state index contributed by atoms with van der Waals surface area (Å²) in [6.07, 6.45) is 2.72. The molecule has 2 amide bonds. The van der Waals surface area contributed by atoms with E-state index in [-0.39, 0.29) is 30.9 Å². The molecule has 7 heteroatoms. The number of ether oxygens (including phenoxy) is 1. The van der Waals surface area contributed by atoms with E-state index in [1.165, 1.54) is 0 Å². The lowest BCUT2D eigenvalue weighted by Gasteiger charge is -2.26. The van der Waals surface area contributed by atoms with Gasteiger partial charge in [0.1, 0.15) is 5.75 Å². The summed E-state index contributed by atoms with van der Waals surface area (Å²) in [6, 6.07) is 6.85. The second-order valence-electron chi connectivity index (χ2n) is 6.65. The van der Waals surface area contributed by atoms with Gasteiger partial charge in [0.2, 0.25) is 5.91 Å². The van der Waals surface area contributed by atoms with Crippen molar-refractivity contribution < 1.29 is 24.2 Å². The summed E-state index contributed by atoms with van der Waals surface area (Å²) in [4.78, 5) is 35.2. The average Bonchev–Trinajstić information content (AvgIpc) is 3.46. The Hall–Kier alpha value is -2.57. The number of anilines is 1. The van der Waals surface area contributed by atoms with E-state index in [1.807, 2.05) is 0 Å². The van der Waals surface area contributed by atoms with E-state index in [9.17, 15) is 19.5 Å². The summed E-state index contributed by atoms with van der Waals surface area (Å²) < 4.78 is 5.45. The van der Waals surface area contributed by atoms with Crippen LogP contribution in [0.5, 0.6) is 5.75 Å². The highest BCUT2D eigenvalue weighted by atomic mass is 16.5. The van der Waals surface area contributed by atoms with Crippen LogP contribution in [-0.2, 0) is 14.4 Å². The Morgan fingerprint density at radius 3 is 2.50 bits per heavy atom. The molecule has 0 bridgehead atoms. The maximum Gasteiger partial charge on any atom is 0.311 e. The van der Waals surface area contributed by atoms with Crippen molar-refractivity contribution in [3.05, 3.63) is 24.3 Å². The van der Waals surface area contributed by atoms with Gasteiger partial charge in [0.15, 0.2) is 6.61 Å². The van der Waals surface area contributed by atoms with Gasteiger partial charge in [-0.3, -0.25) is 14.4 Å². The van der Waals surface area contributed by atoms with Crippen molar-refractivity contribution in [2.45, 2.75) is 39.5 Å². The first-order valence-corrected chi connectivity index (χ1v) is 8.94. The molecule has 1 aliphatic carbocycles. The fourth-order valence-electron chi connectivity index (χ4n) is 2.60. The number of aliphatic carboxylic acids is 1. The summed E-state index contributed by atoms with van der Waals surface area (Å²) in [5.74, 6) is -0.724. The largest absolute Gasteiger partial charge is 0.484 e. The molecule has 0 atom stereocenters. The summed E-state index contributed by atoms with van der Waals surface area (Å²) in [6.45, 7) is 3.43. The van der Waals surface area contributed by atoms with Gasteiger partial charge < -0.3 is 20.5 Å². The lowest BCUT2D eigenvalue weighted by molar-refractivity contribution is -0.149. The molecule has 0 saturated heterocycles. The Kier molecular flexibility index (Phi) is 6.60. The number of benzene rings is 1. The van der Waals surface area contributed by atoms with E-state index in [4.69, 9.17) is 4.74 Å². The molecule has 0 aromatic heterocycles. The Labute approximate surface area is 153 Å². The van der Waals surface area contributed by atoms with E-state index >= 15 is 0 Å². The Morgan fingerprint density at radius 1 is 1.23 bits per heavy atom. The molecule has 7 nitrogen and oxygen atoms in total. The molecule has 1 aromatic rings. The van der Waals surface area contributed by atoms with Crippen LogP contribution in [-0.4, -0.2) is 36.0 Å². The summed E-state index contributed by atoms with van der Waals surface area (Å²) in [5, 5.41) is 14.8. The van der Waals surface area contributed by atoms with Crippen LogP contribution in [0.15, 0.2) is 24.3 Å². The van der Waals surface area contributed by atoms with Crippen molar-refractivity contribution in [1.29, 1.82) is 0 Å². The Morgan fingerprint density at radius 2 is 1.92 bits per heavy atom. The SMILES string of the molecule is CCC(CC)(CNC(=O)COc1cccc(NC(=O)C2CC2)c1)C(=O)O. The van der Waals surface area contributed by atoms with Gasteiger partial charge in [-0.1, -0.05) is 19.9 Å². The number of hydrogen-bond acceptors (Lipinski definition) is 4. The first-order chi connectivity index (χ1) is 12.4. The van der Waals surface area contributed by atoms with E-state index in [0.29, 0.717) is 24.3 Å². The third kappa shape index (κ3) is 5.21. The molecule has 1 saturated carbocycles. The second kappa shape index (κ2) is 8.69. The molecule has 0 heterocycles. The number of nitrogens with one attached hydrogen (secondary N) is 2. The van der Waals surface area contributed by atoms with Gasteiger partial charge in [0.25, 0.3) is 5.91 Å². The zero-order chi connectivity index (χ0) is 19.2. The highest BCUT2D eigenvalue weighted by molar-refractivity contribution is 5.94. The van der Waals surface area contributed by atoms with Crippen molar-refractivity contribution in [2.75, 3.05) is 18.5 Å². The van der Waals surface area contributed by atoms with Gasteiger partial charge in [0.05, 0.1) is 5.41 Å². The number of carbonyl (C=O) groups is 3. The van der Waals surface area contributed by atoms with Crippen LogP contribution in [0.25, 0.3) is 0 Å². The highest BCUT2D eigenvalue weighted by Crippen LogP contribution is 2.30. The molecule has 3 N–H and O–H groups in total. The Bertz CT molecular complexity index is 666. The molecule has 0 radical (unpaired) electrons. The molecule has 1 fully saturated rings. The van der Waals surface area contributed by atoms with Gasteiger partial charge in [0, 0.05) is 24.2 Å². The van der Waals surface area contributed by atoms with Crippen molar-refractivity contribution in [1.82, 2.24) is 5.32 Å². The quantitative estimate of drug-likeness (QED) is 0.593.